The van der Waals surface area contributed by atoms with Crippen molar-refractivity contribution in [3.63, 3.8) is 0 Å². The van der Waals surface area contributed by atoms with Crippen molar-refractivity contribution in [1.82, 2.24) is 4.90 Å². The molecule has 0 fully saturated rings. The van der Waals surface area contributed by atoms with Crippen LogP contribution in [0.3, 0.4) is 0 Å². The van der Waals surface area contributed by atoms with Gasteiger partial charge in [-0.25, -0.2) is 13.2 Å². The second-order valence-corrected chi connectivity index (χ2v) is 7.63. The van der Waals surface area contributed by atoms with Gasteiger partial charge in [0, 0.05) is 19.2 Å². The fourth-order valence-electron chi connectivity index (χ4n) is 2.39. The smallest absolute Gasteiger partial charge is 0.326 e. The third-order valence-electron chi connectivity index (χ3n) is 3.81. The fraction of sp³-hybridized carbons (Fsp3) is 0.429. The summed E-state index contributed by atoms with van der Waals surface area (Å²) in [5.74, 6) is -1.79. The van der Waals surface area contributed by atoms with Crippen LogP contribution in [0.4, 0.5) is 0 Å². The molecule has 1 aliphatic rings. The Labute approximate surface area is 123 Å². The van der Waals surface area contributed by atoms with E-state index >= 15 is 0 Å². The maximum Gasteiger partial charge on any atom is 0.326 e. The van der Waals surface area contributed by atoms with Crippen molar-refractivity contribution in [3.05, 3.63) is 35.4 Å². The Morgan fingerprint density at radius 3 is 2.38 bits per heavy atom. The summed E-state index contributed by atoms with van der Waals surface area (Å²) in [6.07, 6.45) is 1.16. The number of benzene rings is 1. The monoisotopic (exact) mass is 311 g/mol. The number of carboxylic acid groups (broad SMARTS) is 1. The quantitative estimate of drug-likeness (QED) is 0.875. The van der Waals surface area contributed by atoms with Crippen molar-refractivity contribution < 1.29 is 23.1 Å². The molecule has 1 amide bonds. The molecule has 0 spiro atoms. The van der Waals surface area contributed by atoms with Gasteiger partial charge in [0.05, 0.1) is 0 Å². The first kappa shape index (κ1) is 15.5. The van der Waals surface area contributed by atoms with Crippen LogP contribution in [0.1, 0.15) is 18.1 Å². The Bertz CT molecular complexity index is 682. The van der Waals surface area contributed by atoms with Gasteiger partial charge in [0.1, 0.15) is 11.3 Å². The Hall–Kier alpha value is -1.89. The van der Waals surface area contributed by atoms with Crippen LogP contribution in [0.15, 0.2) is 24.3 Å². The molecule has 0 saturated carbocycles. The van der Waals surface area contributed by atoms with E-state index in [2.05, 4.69) is 0 Å². The van der Waals surface area contributed by atoms with Gasteiger partial charge in [-0.05, 0) is 18.1 Å². The summed E-state index contributed by atoms with van der Waals surface area (Å²) in [6, 6.07) is 6.24. The summed E-state index contributed by atoms with van der Waals surface area (Å²) in [4.78, 5) is 24.9. The zero-order valence-corrected chi connectivity index (χ0v) is 12.6. The number of hydrogen-bond donors (Lipinski definition) is 1. The Balaban J connectivity index is 2.37. The number of carboxylic acids is 1. The van der Waals surface area contributed by atoms with E-state index in [0.29, 0.717) is 0 Å². The van der Waals surface area contributed by atoms with Crippen LogP contribution < -0.4 is 0 Å². The summed E-state index contributed by atoms with van der Waals surface area (Å²) in [6.45, 7) is 1.41. The molecular formula is C14H17NO5S. The van der Waals surface area contributed by atoms with Gasteiger partial charge in [-0.3, -0.25) is 4.79 Å². The van der Waals surface area contributed by atoms with E-state index < -0.39 is 33.0 Å². The fourth-order valence-corrected chi connectivity index (χ4v) is 2.89. The molecule has 7 heteroatoms. The van der Waals surface area contributed by atoms with Gasteiger partial charge in [-0.1, -0.05) is 24.3 Å². The van der Waals surface area contributed by atoms with Crippen LogP contribution in [-0.2, 0) is 32.4 Å². The third kappa shape index (κ3) is 3.07. The highest BCUT2D eigenvalue weighted by atomic mass is 32.2. The highest BCUT2D eigenvalue weighted by molar-refractivity contribution is 7.92. The predicted octanol–water partition coefficient (Wildman–Crippen LogP) is 0.458. The van der Waals surface area contributed by atoms with E-state index in [-0.39, 0.29) is 13.0 Å². The molecule has 1 aromatic carbocycles. The van der Waals surface area contributed by atoms with E-state index in [1.54, 1.807) is 0 Å². The molecule has 21 heavy (non-hydrogen) atoms. The first-order chi connectivity index (χ1) is 9.71. The second-order valence-electron chi connectivity index (χ2n) is 5.26. The number of aliphatic carboxylic acids is 1. The number of carbonyl (C=O) groups excluding carboxylic acids is 1. The first-order valence-corrected chi connectivity index (χ1v) is 8.46. The molecular weight excluding hydrogens is 294 g/mol. The number of fused-ring (bicyclic) bond motifs is 1. The van der Waals surface area contributed by atoms with E-state index in [9.17, 15) is 23.1 Å². The van der Waals surface area contributed by atoms with E-state index in [1.165, 1.54) is 6.92 Å². The minimum atomic E-state index is -3.56. The van der Waals surface area contributed by atoms with Gasteiger partial charge in [0.25, 0.3) is 0 Å². The lowest BCUT2D eigenvalue weighted by atomic mass is 9.94. The highest BCUT2D eigenvalue weighted by Gasteiger charge is 2.38. The lowest BCUT2D eigenvalue weighted by molar-refractivity contribution is -0.151. The van der Waals surface area contributed by atoms with Crippen molar-refractivity contribution in [3.8, 4) is 0 Å². The number of carbonyl (C=O) groups is 2. The minimum Gasteiger partial charge on any atom is -0.480 e. The Morgan fingerprint density at radius 1 is 1.29 bits per heavy atom. The zero-order chi connectivity index (χ0) is 15.8. The van der Waals surface area contributed by atoms with Crippen LogP contribution in [0.2, 0.25) is 0 Å². The molecule has 0 bridgehead atoms. The molecule has 1 heterocycles. The topological polar surface area (TPSA) is 91.8 Å². The molecule has 6 nitrogen and oxygen atoms in total. The van der Waals surface area contributed by atoms with Gasteiger partial charge in [-0.15, -0.1) is 0 Å². The highest BCUT2D eigenvalue weighted by Crippen LogP contribution is 2.25. The number of amides is 1. The van der Waals surface area contributed by atoms with Gasteiger partial charge < -0.3 is 10.0 Å². The molecule has 0 saturated heterocycles. The van der Waals surface area contributed by atoms with Crippen LogP contribution in [-0.4, -0.2) is 47.8 Å². The summed E-state index contributed by atoms with van der Waals surface area (Å²) in [7, 11) is -3.56. The van der Waals surface area contributed by atoms with Crippen molar-refractivity contribution in [2.45, 2.75) is 31.2 Å². The van der Waals surface area contributed by atoms with Crippen molar-refractivity contribution in [1.29, 1.82) is 0 Å². The van der Waals surface area contributed by atoms with E-state index in [0.717, 1.165) is 22.3 Å². The summed E-state index contributed by atoms with van der Waals surface area (Å²) in [5, 5.41) is 8.08. The molecule has 0 unspecified atom stereocenters. The van der Waals surface area contributed by atoms with Crippen LogP contribution in [0, 0.1) is 0 Å². The van der Waals surface area contributed by atoms with Gasteiger partial charge in [-0.2, -0.15) is 0 Å². The predicted molar refractivity (Wildman–Crippen MR) is 76.4 cm³/mol. The standard InChI is InChI=1S/C14H17NO5S/c1-9(21(2,19)20)13(16)15-8-11-6-4-3-5-10(11)7-12(15)14(17)18/h3-6,9,12H,7-8H2,1-2H3,(H,17,18)/t9-,12+/m0/s1. The van der Waals surface area contributed by atoms with Crippen molar-refractivity contribution >= 4 is 21.7 Å². The molecule has 1 N–H and O–H groups in total. The van der Waals surface area contributed by atoms with Gasteiger partial charge in [0.2, 0.25) is 5.91 Å². The number of hydrogen-bond acceptors (Lipinski definition) is 4. The number of nitrogens with zero attached hydrogens (tertiary/aromatic N) is 1. The van der Waals surface area contributed by atoms with Crippen molar-refractivity contribution in [2.24, 2.45) is 0 Å². The zero-order valence-electron chi connectivity index (χ0n) is 11.8. The van der Waals surface area contributed by atoms with Crippen LogP contribution >= 0.6 is 0 Å². The van der Waals surface area contributed by atoms with Gasteiger partial charge >= 0.3 is 5.97 Å². The summed E-state index contributed by atoms with van der Waals surface area (Å²) >= 11 is 0. The number of rotatable bonds is 3. The average Bonchev–Trinajstić information content (AvgIpc) is 2.43. The Kier molecular flexibility index (Phi) is 4.04. The van der Waals surface area contributed by atoms with Crippen LogP contribution in [0.25, 0.3) is 0 Å². The SMILES string of the molecule is C[C@@H](C(=O)N1Cc2ccccc2C[C@@H]1C(=O)O)S(C)(=O)=O. The van der Waals surface area contributed by atoms with Crippen LogP contribution in [0.5, 0.6) is 0 Å². The Morgan fingerprint density at radius 2 is 1.86 bits per heavy atom. The third-order valence-corrected chi connectivity index (χ3v) is 5.29. The van der Waals surface area contributed by atoms with Crippen molar-refractivity contribution in [2.75, 3.05) is 6.26 Å². The molecule has 1 aliphatic heterocycles. The maximum atomic E-state index is 12.4. The van der Waals surface area contributed by atoms with E-state index in [1.807, 2.05) is 24.3 Å². The first-order valence-electron chi connectivity index (χ1n) is 6.50. The molecule has 0 radical (unpaired) electrons. The molecule has 2 rings (SSSR count). The lowest BCUT2D eigenvalue weighted by Gasteiger charge is -2.35. The molecule has 0 aromatic heterocycles. The second kappa shape index (κ2) is 5.48. The molecule has 1 aromatic rings. The van der Waals surface area contributed by atoms with E-state index in [4.69, 9.17) is 0 Å². The molecule has 0 aliphatic carbocycles. The summed E-state index contributed by atoms with van der Waals surface area (Å²) in [5.41, 5.74) is 1.73. The lowest BCUT2D eigenvalue weighted by Crippen LogP contribution is -2.52. The minimum absolute atomic E-state index is 0.117. The largest absolute Gasteiger partial charge is 0.480 e. The average molecular weight is 311 g/mol. The number of sulfone groups is 1. The molecule has 2 atom stereocenters. The molecule has 114 valence electrons. The summed E-state index contributed by atoms with van der Waals surface area (Å²) < 4.78 is 23.1. The van der Waals surface area contributed by atoms with Gasteiger partial charge in [0.15, 0.2) is 9.84 Å². The normalized spacial score (nSPS) is 19.7. The maximum absolute atomic E-state index is 12.4.